The van der Waals surface area contributed by atoms with Crippen molar-refractivity contribution < 1.29 is 9.18 Å². The van der Waals surface area contributed by atoms with Gasteiger partial charge in [-0.1, -0.05) is 12.1 Å². The van der Waals surface area contributed by atoms with E-state index < -0.39 is 0 Å². The van der Waals surface area contributed by atoms with E-state index in [9.17, 15) is 9.18 Å². The van der Waals surface area contributed by atoms with E-state index in [1.807, 2.05) is 26.0 Å². The molecule has 1 aromatic heterocycles. The Morgan fingerprint density at radius 1 is 1.11 bits per heavy atom. The molecular formula is C22H25FN4O. The number of aromatic nitrogens is 1. The second-order valence-corrected chi connectivity index (χ2v) is 7.53. The molecule has 2 aromatic carbocycles. The third-order valence-electron chi connectivity index (χ3n) is 5.59. The third kappa shape index (κ3) is 3.36. The van der Waals surface area contributed by atoms with Crippen LogP contribution in [-0.2, 0) is 0 Å². The molecule has 5 nitrogen and oxygen atoms in total. The van der Waals surface area contributed by atoms with Crippen molar-refractivity contribution in [2.45, 2.75) is 13.8 Å². The van der Waals surface area contributed by atoms with Crippen molar-refractivity contribution in [3.63, 3.8) is 0 Å². The third-order valence-corrected chi connectivity index (χ3v) is 5.59. The molecule has 1 fully saturated rings. The predicted octanol–water partition coefficient (Wildman–Crippen LogP) is 3.93. The summed E-state index contributed by atoms with van der Waals surface area (Å²) in [4.78, 5) is 20.5. The second kappa shape index (κ2) is 7.28. The van der Waals surface area contributed by atoms with Gasteiger partial charge in [0.15, 0.2) is 0 Å². The number of aromatic amines is 1. The number of halogens is 1. The predicted molar refractivity (Wildman–Crippen MR) is 112 cm³/mol. The summed E-state index contributed by atoms with van der Waals surface area (Å²) in [5, 5.41) is 3.42. The minimum absolute atomic E-state index is 0.270. The van der Waals surface area contributed by atoms with E-state index in [0.29, 0.717) is 16.6 Å². The van der Waals surface area contributed by atoms with Crippen molar-refractivity contribution in [2.24, 2.45) is 0 Å². The van der Waals surface area contributed by atoms with Gasteiger partial charge >= 0.3 is 0 Å². The minimum atomic E-state index is -0.329. The van der Waals surface area contributed by atoms with Gasteiger partial charge in [-0.3, -0.25) is 4.79 Å². The molecule has 3 aromatic rings. The molecule has 4 rings (SSSR count). The lowest BCUT2D eigenvalue weighted by molar-refractivity contribution is 0.102. The first-order valence-electron chi connectivity index (χ1n) is 9.56. The van der Waals surface area contributed by atoms with Crippen LogP contribution in [0.3, 0.4) is 0 Å². The lowest BCUT2D eigenvalue weighted by Gasteiger charge is -2.35. The fourth-order valence-corrected chi connectivity index (χ4v) is 3.79. The summed E-state index contributed by atoms with van der Waals surface area (Å²) in [6.07, 6.45) is 0. The van der Waals surface area contributed by atoms with Crippen molar-refractivity contribution >= 4 is 28.2 Å². The molecule has 1 aliphatic rings. The Hall–Kier alpha value is -2.86. The van der Waals surface area contributed by atoms with Crippen molar-refractivity contribution in [1.29, 1.82) is 0 Å². The van der Waals surface area contributed by atoms with Gasteiger partial charge < -0.3 is 20.1 Å². The van der Waals surface area contributed by atoms with E-state index in [1.165, 1.54) is 6.07 Å². The van der Waals surface area contributed by atoms with Crippen LogP contribution in [0.2, 0.25) is 0 Å². The lowest BCUT2D eigenvalue weighted by Crippen LogP contribution is -2.44. The monoisotopic (exact) mass is 380 g/mol. The lowest BCUT2D eigenvalue weighted by atomic mass is 10.1. The molecule has 28 heavy (non-hydrogen) atoms. The maximum atomic E-state index is 14.1. The molecule has 1 saturated heterocycles. The highest BCUT2D eigenvalue weighted by molar-refractivity contribution is 6.06. The molecule has 2 heterocycles. The Balaban J connectivity index is 1.59. The van der Waals surface area contributed by atoms with Gasteiger partial charge in [0.1, 0.15) is 11.5 Å². The number of H-pyrrole nitrogens is 1. The molecule has 1 amide bonds. The molecule has 0 aliphatic carbocycles. The van der Waals surface area contributed by atoms with Crippen LogP contribution in [0.25, 0.3) is 10.9 Å². The number of likely N-dealkylation sites (N-methyl/N-ethyl adjacent to an activating group) is 1. The summed E-state index contributed by atoms with van der Waals surface area (Å²) >= 11 is 0. The zero-order valence-electron chi connectivity index (χ0n) is 16.5. The van der Waals surface area contributed by atoms with Crippen LogP contribution in [-0.4, -0.2) is 49.0 Å². The molecule has 0 spiro atoms. The van der Waals surface area contributed by atoms with Crippen molar-refractivity contribution in [3.05, 3.63) is 59.0 Å². The van der Waals surface area contributed by atoms with Gasteiger partial charge in [0.05, 0.1) is 5.52 Å². The van der Waals surface area contributed by atoms with Crippen molar-refractivity contribution in [1.82, 2.24) is 9.88 Å². The Morgan fingerprint density at radius 3 is 2.57 bits per heavy atom. The molecule has 1 aliphatic heterocycles. The minimum Gasteiger partial charge on any atom is -0.369 e. The number of benzene rings is 2. The smallest absolute Gasteiger partial charge is 0.272 e. The zero-order chi connectivity index (χ0) is 19.8. The van der Waals surface area contributed by atoms with Crippen LogP contribution >= 0.6 is 0 Å². The number of rotatable bonds is 3. The maximum Gasteiger partial charge on any atom is 0.272 e. The van der Waals surface area contributed by atoms with E-state index >= 15 is 0 Å². The van der Waals surface area contributed by atoms with Crippen LogP contribution in [0.5, 0.6) is 0 Å². The summed E-state index contributed by atoms with van der Waals surface area (Å²) in [7, 11) is 2.13. The van der Waals surface area contributed by atoms with E-state index in [2.05, 4.69) is 33.2 Å². The van der Waals surface area contributed by atoms with Gasteiger partial charge in [0, 0.05) is 42.9 Å². The van der Waals surface area contributed by atoms with E-state index in [1.54, 1.807) is 12.1 Å². The number of fused-ring (bicyclic) bond motifs is 1. The molecule has 0 bridgehead atoms. The van der Waals surface area contributed by atoms with Crippen molar-refractivity contribution in [2.75, 3.05) is 43.4 Å². The molecular weight excluding hydrogens is 355 g/mol. The van der Waals surface area contributed by atoms with Gasteiger partial charge in [-0.05, 0) is 56.3 Å². The number of aryl methyl sites for hydroxylation is 1. The Labute approximate surface area is 164 Å². The van der Waals surface area contributed by atoms with Gasteiger partial charge in [-0.2, -0.15) is 0 Å². The van der Waals surface area contributed by atoms with Crippen molar-refractivity contribution in [3.8, 4) is 0 Å². The van der Waals surface area contributed by atoms with E-state index in [0.717, 1.165) is 48.7 Å². The van der Waals surface area contributed by atoms with E-state index in [4.69, 9.17) is 0 Å². The van der Waals surface area contributed by atoms with Gasteiger partial charge in [-0.25, -0.2) is 4.39 Å². The number of carbonyl (C=O) groups is 1. The first-order valence-corrected chi connectivity index (χ1v) is 9.56. The molecule has 2 N–H and O–H groups in total. The summed E-state index contributed by atoms with van der Waals surface area (Å²) in [6.45, 7) is 7.90. The number of hydrogen-bond acceptors (Lipinski definition) is 3. The molecule has 0 saturated carbocycles. The number of hydrogen-bond donors (Lipinski definition) is 2. The van der Waals surface area contributed by atoms with Crippen LogP contribution in [0.15, 0.2) is 36.4 Å². The quantitative estimate of drug-likeness (QED) is 0.724. The zero-order valence-corrected chi connectivity index (χ0v) is 16.5. The number of nitrogens with zero attached hydrogens (tertiary/aromatic N) is 2. The average molecular weight is 380 g/mol. The number of anilines is 2. The first-order chi connectivity index (χ1) is 13.4. The van der Waals surface area contributed by atoms with Crippen LogP contribution < -0.4 is 10.2 Å². The topological polar surface area (TPSA) is 51.4 Å². The second-order valence-electron chi connectivity index (χ2n) is 7.53. The van der Waals surface area contributed by atoms with Crippen LogP contribution in [0.1, 0.15) is 21.6 Å². The molecule has 6 heteroatoms. The van der Waals surface area contributed by atoms with Gasteiger partial charge in [0.25, 0.3) is 5.91 Å². The highest BCUT2D eigenvalue weighted by Gasteiger charge is 2.19. The standard InChI is InChI=1S/C22H25FN4O/c1-14-7-8-17(23)16-13-19(24-21(14)16)22(28)25-18-5-4-6-20(15(18)2)27-11-9-26(3)10-12-27/h4-8,13,24H,9-12H2,1-3H3,(H,25,28). The normalized spacial score (nSPS) is 15.2. The average Bonchev–Trinajstić information content (AvgIpc) is 3.14. The number of carbonyl (C=O) groups excluding carboxylic acids is 1. The summed E-state index contributed by atoms with van der Waals surface area (Å²) in [5.41, 5.74) is 4.88. The Kier molecular flexibility index (Phi) is 4.81. The molecule has 0 radical (unpaired) electrons. The highest BCUT2D eigenvalue weighted by atomic mass is 19.1. The largest absolute Gasteiger partial charge is 0.369 e. The highest BCUT2D eigenvalue weighted by Crippen LogP contribution is 2.28. The van der Waals surface area contributed by atoms with Crippen LogP contribution in [0.4, 0.5) is 15.8 Å². The summed E-state index contributed by atoms with van der Waals surface area (Å²) < 4.78 is 14.1. The number of amides is 1. The molecule has 0 unspecified atom stereocenters. The Morgan fingerprint density at radius 2 is 1.86 bits per heavy atom. The van der Waals surface area contributed by atoms with E-state index in [-0.39, 0.29) is 11.7 Å². The van der Waals surface area contributed by atoms with Gasteiger partial charge in [-0.15, -0.1) is 0 Å². The molecule has 0 atom stereocenters. The fraction of sp³-hybridized carbons (Fsp3) is 0.318. The maximum absolute atomic E-state index is 14.1. The Bertz CT molecular complexity index is 995. The van der Waals surface area contributed by atoms with Crippen LogP contribution in [0, 0.1) is 19.7 Å². The van der Waals surface area contributed by atoms with Gasteiger partial charge in [0.2, 0.25) is 0 Å². The fourth-order valence-electron chi connectivity index (χ4n) is 3.79. The first kappa shape index (κ1) is 18.5. The number of nitrogens with one attached hydrogen (secondary N) is 2. The summed E-state index contributed by atoms with van der Waals surface area (Å²) in [5.74, 6) is -0.599. The molecule has 146 valence electrons. The SMILES string of the molecule is Cc1c(NC(=O)c2cc3c(F)ccc(C)c3[nH]2)cccc1N1CCN(C)CC1. The number of piperazine rings is 1. The summed E-state index contributed by atoms with van der Waals surface area (Å²) in [6, 6.07) is 10.7.